The van der Waals surface area contributed by atoms with Gasteiger partial charge in [0.2, 0.25) is 0 Å². The number of nitriles is 1. The summed E-state index contributed by atoms with van der Waals surface area (Å²) in [6, 6.07) is 2.06. The second-order valence-corrected chi connectivity index (χ2v) is 3.35. The third-order valence-electron chi connectivity index (χ3n) is 1.87. The van der Waals surface area contributed by atoms with Gasteiger partial charge in [-0.2, -0.15) is 5.26 Å². The van der Waals surface area contributed by atoms with E-state index in [2.05, 4.69) is 11.1 Å². The molecule has 1 atom stereocenters. The lowest BCUT2D eigenvalue weighted by atomic mass is 10.1. The summed E-state index contributed by atoms with van der Waals surface area (Å²) in [5.74, 6) is 0.965. The Balaban J connectivity index is 2.81. The van der Waals surface area contributed by atoms with Crippen LogP contribution in [0.5, 0.6) is 0 Å². The molecule has 4 nitrogen and oxygen atoms in total. The number of imidazole rings is 1. The second-order valence-electron chi connectivity index (χ2n) is 3.35. The first-order chi connectivity index (χ1) is 6.09. The van der Waals surface area contributed by atoms with E-state index in [1.165, 1.54) is 0 Å². The maximum Gasteiger partial charge on any atom is 0.119 e. The van der Waals surface area contributed by atoms with Gasteiger partial charge in [-0.3, -0.25) is 0 Å². The minimum atomic E-state index is -0.815. The van der Waals surface area contributed by atoms with Crippen LogP contribution in [0.3, 0.4) is 0 Å². The van der Waals surface area contributed by atoms with Gasteiger partial charge in [-0.1, -0.05) is 6.92 Å². The van der Waals surface area contributed by atoms with Gasteiger partial charge in [0, 0.05) is 18.8 Å². The van der Waals surface area contributed by atoms with Crippen molar-refractivity contribution < 1.29 is 0 Å². The van der Waals surface area contributed by atoms with Crippen molar-refractivity contribution in [3.05, 3.63) is 18.2 Å². The van der Waals surface area contributed by atoms with Gasteiger partial charge in [0.25, 0.3) is 0 Å². The Morgan fingerprint density at radius 2 is 2.46 bits per heavy atom. The van der Waals surface area contributed by atoms with Crippen LogP contribution in [-0.2, 0) is 13.0 Å². The van der Waals surface area contributed by atoms with Crippen molar-refractivity contribution in [2.45, 2.75) is 32.4 Å². The summed E-state index contributed by atoms with van der Waals surface area (Å²) in [7, 11) is 0. The van der Waals surface area contributed by atoms with E-state index >= 15 is 0 Å². The Labute approximate surface area is 78.0 Å². The molecule has 0 fully saturated rings. The summed E-state index contributed by atoms with van der Waals surface area (Å²) in [4.78, 5) is 4.15. The smallest absolute Gasteiger partial charge is 0.119 e. The van der Waals surface area contributed by atoms with Crippen LogP contribution in [0.4, 0.5) is 0 Å². The van der Waals surface area contributed by atoms with E-state index in [0.29, 0.717) is 6.54 Å². The predicted molar refractivity (Wildman–Crippen MR) is 49.8 cm³/mol. The van der Waals surface area contributed by atoms with Gasteiger partial charge in [0.05, 0.1) is 12.6 Å². The molecule has 1 unspecified atom stereocenters. The van der Waals surface area contributed by atoms with Crippen LogP contribution >= 0.6 is 0 Å². The Hall–Kier alpha value is -1.34. The average Bonchev–Trinajstić information content (AvgIpc) is 2.51. The third-order valence-corrected chi connectivity index (χ3v) is 1.87. The highest BCUT2D eigenvalue weighted by Gasteiger charge is 2.18. The molecule has 0 bridgehead atoms. The van der Waals surface area contributed by atoms with Crippen LogP contribution in [0.25, 0.3) is 0 Å². The van der Waals surface area contributed by atoms with Crippen molar-refractivity contribution in [1.82, 2.24) is 9.55 Å². The summed E-state index contributed by atoms with van der Waals surface area (Å²) in [6.07, 6.45) is 4.43. The van der Waals surface area contributed by atoms with Crippen LogP contribution < -0.4 is 5.73 Å². The summed E-state index contributed by atoms with van der Waals surface area (Å²) in [5, 5.41) is 8.75. The highest BCUT2D eigenvalue weighted by atomic mass is 15.1. The Morgan fingerprint density at radius 1 is 1.77 bits per heavy atom. The number of nitrogens with two attached hydrogens (primary N) is 1. The van der Waals surface area contributed by atoms with Crippen molar-refractivity contribution in [2.75, 3.05) is 0 Å². The number of hydrogen-bond donors (Lipinski definition) is 1. The van der Waals surface area contributed by atoms with Crippen molar-refractivity contribution in [1.29, 1.82) is 5.26 Å². The fraction of sp³-hybridized carbons (Fsp3) is 0.556. The van der Waals surface area contributed by atoms with Gasteiger partial charge in [-0.25, -0.2) is 4.98 Å². The first kappa shape index (κ1) is 9.75. The van der Waals surface area contributed by atoms with Gasteiger partial charge in [-0.05, 0) is 6.92 Å². The van der Waals surface area contributed by atoms with Crippen LogP contribution in [0.1, 0.15) is 19.7 Å². The summed E-state index contributed by atoms with van der Waals surface area (Å²) >= 11 is 0. The topological polar surface area (TPSA) is 67.6 Å². The molecule has 0 amide bonds. The van der Waals surface area contributed by atoms with Gasteiger partial charge < -0.3 is 10.3 Å². The molecule has 1 rings (SSSR count). The van der Waals surface area contributed by atoms with E-state index in [4.69, 9.17) is 11.0 Å². The number of rotatable bonds is 3. The largest absolute Gasteiger partial charge is 0.332 e. The normalized spacial score (nSPS) is 14.9. The summed E-state index contributed by atoms with van der Waals surface area (Å²) in [5.41, 5.74) is 4.91. The average molecular weight is 178 g/mol. The highest BCUT2D eigenvalue weighted by Crippen LogP contribution is 2.05. The number of aromatic nitrogens is 2. The first-order valence-corrected chi connectivity index (χ1v) is 4.29. The molecule has 0 aliphatic rings. The van der Waals surface area contributed by atoms with Gasteiger partial charge in [-0.15, -0.1) is 0 Å². The standard InChI is InChI=1S/C9H14N4/c1-3-8-12-4-5-13(8)7-9(2,11)6-10/h4-5H,3,7,11H2,1-2H3. The molecule has 0 aliphatic carbocycles. The monoisotopic (exact) mass is 178 g/mol. The molecule has 13 heavy (non-hydrogen) atoms. The maximum atomic E-state index is 8.75. The van der Waals surface area contributed by atoms with Gasteiger partial charge in [0.1, 0.15) is 11.4 Å². The second kappa shape index (κ2) is 3.58. The van der Waals surface area contributed by atoms with E-state index in [9.17, 15) is 0 Å². The highest BCUT2D eigenvalue weighted by molar-refractivity contribution is 5.04. The molecule has 70 valence electrons. The maximum absolute atomic E-state index is 8.75. The Kier molecular flexibility index (Phi) is 2.69. The zero-order chi connectivity index (χ0) is 9.90. The molecule has 1 aromatic rings. The van der Waals surface area contributed by atoms with E-state index in [0.717, 1.165) is 12.2 Å². The number of aryl methyl sites for hydroxylation is 1. The fourth-order valence-corrected chi connectivity index (χ4v) is 1.19. The molecule has 0 aliphatic heterocycles. The third kappa shape index (κ3) is 2.30. The first-order valence-electron chi connectivity index (χ1n) is 4.29. The van der Waals surface area contributed by atoms with E-state index in [1.807, 2.05) is 17.7 Å². The van der Waals surface area contributed by atoms with Crippen molar-refractivity contribution in [2.24, 2.45) is 5.73 Å². The Bertz CT molecular complexity index is 319. The molecular formula is C9H14N4. The van der Waals surface area contributed by atoms with Crippen LogP contribution in [0.15, 0.2) is 12.4 Å². The van der Waals surface area contributed by atoms with Gasteiger partial charge in [0.15, 0.2) is 0 Å². The molecular weight excluding hydrogens is 164 g/mol. The minimum Gasteiger partial charge on any atom is -0.332 e. The Morgan fingerprint density at radius 3 is 3.00 bits per heavy atom. The predicted octanol–water partition coefficient (Wildman–Crippen LogP) is 0.686. The van der Waals surface area contributed by atoms with Crippen molar-refractivity contribution >= 4 is 0 Å². The zero-order valence-electron chi connectivity index (χ0n) is 7.99. The van der Waals surface area contributed by atoms with Crippen LogP contribution in [0, 0.1) is 11.3 Å². The molecule has 0 aromatic carbocycles. The summed E-state index contributed by atoms with van der Waals surface area (Å²) in [6.45, 7) is 4.23. The molecule has 2 N–H and O–H groups in total. The van der Waals surface area contributed by atoms with Crippen molar-refractivity contribution in [3.63, 3.8) is 0 Å². The van der Waals surface area contributed by atoms with Crippen LogP contribution in [-0.4, -0.2) is 15.1 Å². The molecule has 0 saturated carbocycles. The number of hydrogen-bond acceptors (Lipinski definition) is 3. The number of nitrogens with zero attached hydrogens (tertiary/aromatic N) is 3. The fourth-order valence-electron chi connectivity index (χ4n) is 1.19. The minimum absolute atomic E-state index is 0.493. The molecule has 4 heteroatoms. The van der Waals surface area contributed by atoms with E-state index in [-0.39, 0.29) is 0 Å². The summed E-state index contributed by atoms with van der Waals surface area (Å²) < 4.78 is 1.92. The lowest BCUT2D eigenvalue weighted by Gasteiger charge is -2.17. The van der Waals surface area contributed by atoms with E-state index < -0.39 is 5.54 Å². The zero-order valence-corrected chi connectivity index (χ0v) is 7.99. The molecule has 1 heterocycles. The van der Waals surface area contributed by atoms with E-state index in [1.54, 1.807) is 13.1 Å². The quantitative estimate of drug-likeness (QED) is 0.740. The molecule has 1 aromatic heterocycles. The lowest BCUT2D eigenvalue weighted by molar-refractivity contribution is 0.481. The van der Waals surface area contributed by atoms with Gasteiger partial charge >= 0.3 is 0 Å². The molecule has 0 radical (unpaired) electrons. The van der Waals surface area contributed by atoms with Crippen molar-refractivity contribution in [3.8, 4) is 6.07 Å². The molecule has 0 spiro atoms. The van der Waals surface area contributed by atoms with Crippen LogP contribution in [0.2, 0.25) is 0 Å². The SMILES string of the molecule is CCc1nccn1CC(C)(N)C#N. The lowest BCUT2D eigenvalue weighted by Crippen LogP contribution is -2.39. The molecule has 0 saturated heterocycles.